The molecule has 0 saturated carbocycles. The van der Waals surface area contributed by atoms with Gasteiger partial charge in [-0.25, -0.2) is 0 Å². The van der Waals surface area contributed by atoms with Crippen molar-refractivity contribution in [1.29, 1.82) is 0 Å². The maximum atomic E-state index is 3.52. The number of halogens is 1. The quantitative estimate of drug-likeness (QED) is 0.0663. The van der Waals surface area contributed by atoms with Crippen molar-refractivity contribution in [2.24, 2.45) is 0 Å². The summed E-state index contributed by atoms with van der Waals surface area (Å²) in [6.45, 7) is 24.6. The molecule has 0 aliphatic rings. The van der Waals surface area contributed by atoms with E-state index in [1.54, 1.807) is 0 Å². The minimum atomic E-state index is 0. The van der Waals surface area contributed by atoms with Crippen LogP contribution in [0.4, 0.5) is 0 Å². The molecular weight excluding hydrogens is 674 g/mol. The molecule has 0 aliphatic heterocycles. The van der Waals surface area contributed by atoms with E-state index in [2.05, 4.69) is 160 Å². The molecule has 0 atom stereocenters. The normalized spacial score (nSPS) is 14.0. The number of nitrogens with one attached hydrogen (secondary N) is 1. The first-order chi connectivity index (χ1) is 25.4. The van der Waals surface area contributed by atoms with Gasteiger partial charge in [0.1, 0.15) is 0 Å². The third-order valence-corrected chi connectivity index (χ3v) is 10.1. The average molecular weight is 757 g/mol. The van der Waals surface area contributed by atoms with E-state index in [-0.39, 0.29) is 12.4 Å². The highest BCUT2D eigenvalue weighted by Gasteiger charge is 1.98. The molecule has 1 nitrogen and oxygen atoms in total. The highest BCUT2D eigenvalue weighted by Crippen LogP contribution is 2.17. The van der Waals surface area contributed by atoms with Crippen molar-refractivity contribution in [1.82, 2.24) is 5.32 Å². The lowest BCUT2D eigenvalue weighted by atomic mass is 10.0. The summed E-state index contributed by atoms with van der Waals surface area (Å²) in [6, 6.07) is 10.6. The summed E-state index contributed by atoms with van der Waals surface area (Å²) < 4.78 is 0. The first-order valence-corrected chi connectivity index (χ1v) is 21.1. The first-order valence-electron chi connectivity index (χ1n) is 21.1. The molecule has 0 fully saturated rings. The predicted molar refractivity (Wildman–Crippen MR) is 249 cm³/mol. The summed E-state index contributed by atoms with van der Waals surface area (Å²) in [6.07, 6.45) is 40.5. The van der Waals surface area contributed by atoms with Crippen LogP contribution in [0.5, 0.6) is 0 Å². The molecule has 1 aromatic rings. The molecule has 54 heavy (non-hydrogen) atoms. The third-order valence-electron chi connectivity index (χ3n) is 10.1. The van der Waals surface area contributed by atoms with Gasteiger partial charge in [0.15, 0.2) is 0 Å². The van der Waals surface area contributed by atoms with Crippen LogP contribution in [0.2, 0.25) is 0 Å². The molecular formula is C52H82ClN. The molecule has 0 saturated heterocycles. The van der Waals surface area contributed by atoms with Crippen molar-refractivity contribution in [3.05, 3.63) is 141 Å². The van der Waals surface area contributed by atoms with Gasteiger partial charge in [-0.2, -0.15) is 0 Å². The van der Waals surface area contributed by atoms with Crippen LogP contribution in [0, 0.1) is 0 Å². The van der Waals surface area contributed by atoms with Crippen LogP contribution in [0.1, 0.15) is 178 Å². The number of benzene rings is 1. The maximum absolute atomic E-state index is 3.52. The molecule has 1 rings (SSSR count). The zero-order valence-electron chi connectivity index (χ0n) is 36.7. The van der Waals surface area contributed by atoms with E-state index in [0.29, 0.717) is 0 Å². The Kier molecular flexibility index (Phi) is 31.7. The monoisotopic (exact) mass is 756 g/mol. The van der Waals surface area contributed by atoms with Crippen molar-refractivity contribution < 1.29 is 0 Å². The number of rotatable bonds is 28. The van der Waals surface area contributed by atoms with E-state index in [0.717, 1.165) is 58.0 Å². The lowest BCUT2D eigenvalue weighted by Crippen LogP contribution is -2.13. The fourth-order valence-electron chi connectivity index (χ4n) is 6.29. The third kappa shape index (κ3) is 31.5. The Balaban J connectivity index is 0.0000281. The van der Waals surface area contributed by atoms with Crippen LogP contribution in [-0.2, 0) is 6.54 Å². The van der Waals surface area contributed by atoms with Gasteiger partial charge in [0.25, 0.3) is 0 Å². The van der Waals surface area contributed by atoms with Crippen molar-refractivity contribution in [2.45, 2.75) is 179 Å². The Morgan fingerprint density at radius 2 is 0.630 bits per heavy atom. The SMILES string of the molecule is CC(C)=CCC/C(C)=C/CC/C(C)=C/CC/C(C)=C/CC/C(C)=C/CC/C(C)=C/CC/C(C)=C/CC/C(C)=C/CC/C(C)=C/CNCc1ccccc1.Cl. The molecule has 0 aliphatic carbocycles. The predicted octanol–water partition coefficient (Wildman–Crippen LogP) is 17.0. The topological polar surface area (TPSA) is 12.0 Å². The van der Waals surface area contributed by atoms with Gasteiger partial charge in [-0.15, -0.1) is 12.4 Å². The van der Waals surface area contributed by atoms with Gasteiger partial charge in [0.2, 0.25) is 0 Å². The molecule has 2 heteroatoms. The van der Waals surface area contributed by atoms with Gasteiger partial charge in [-0.1, -0.05) is 135 Å². The highest BCUT2D eigenvalue weighted by atomic mass is 35.5. The van der Waals surface area contributed by atoms with E-state index in [4.69, 9.17) is 0 Å². The Morgan fingerprint density at radius 1 is 0.370 bits per heavy atom. The molecule has 0 aromatic heterocycles. The number of allylic oxidation sites excluding steroid dienone is 17. The molecule has 0 bridgehead atoms. The van der Waals surface area contributed by atoms with Crippen molar-refractivity contribution >= 4 is 12.4 Å². The summed E-state index contributed by atoms with van der Waals surface area (Å²) in [5.74, 6) is 0. The summed E-state index contributed by atoms with van der Waals surface area (Å²) >= 11 is 0. The van der Waals surface area contributed by atoms with Crippen LogP contribution in [0.25, 0.3) is 0 Å². The van der Waals surface area contributed by atoms with Crippen molar-refractivity contribution in [2.75, 3.05) is 6.54 Å². The highest BCUT2D eigenvalue weighted by molar-refractivity contribution is 5.85. The van der Waals surface area contributed by atoms with Gasteiger partial charge < -0.3 is 5.32 Å². The van der Waals surface area contributed by atoms with Gasteiger partial charge in [0.05, 0.1) is 0 Å². The van der Waals surface area contributed by atoms with Crippen LogP contribution in [-0.4, -0.2) is 6.54 Å². The van der Waals surface area contributed by atoms with Crippen LogP contribution >= 0.6 is 12.4 Å². The molecule has 1 aromatic carbocycles. The lowest BCUT2D eigenvalue weighted by molar-refractivity contribution is 0.753. The Hall–Kier alpha value is -2.87. The summed E-state index contributed by atoms with van der Waals surface area (Å²) in [7, 11) is 0. The second kappa shape index (κ2) is 33.5. The second-order valence-electron chi connectivity index (χ2n) is 16.1. The first kappa shape index (κ1) is 51.1. The molecule has 0 spiro atoms. The zero-order chi connectivity index (χ0) is 39.1. The molecule has 302 valence electrons. The van der Waals surface area contributed by atoms with Crippen LogP contribution in [0.3, 0.4) is 0 Å². The molecule has 0 amide bonds. The van der Waals surface area contributed by atoms with E-state index >= 15 is 0 Å². The van der Waals surface area contributed by atoms with Gasteiger partial charge >= 0.3 is 0 Å². The summed E-state index contributed by atoms with van der Waals surface area (Å²) in [5, 5.41) is 3.52. The van der Waals surface area contributed by atoms with Crippen LogP contribution in [0.15, 0.2) is 135 Å². The largest absolute Gasteiger partial charge is 0.309 e. The molecule has 0 unspecified atom stereocenters. The number of hydrogen-bond acceptors (Lipinski definition) is 1. The van der Waals surface area contributed by atoms with Gasteiger partial charge in [-0.3, -0.25) is 0 Å². The Morgan fingerprint density at radius 3 is 0.907 bits per heavy atom. The van der Waals surface area contributed by atoms with Crippen molar-refractivity contribution in [3.63, 3.8) is 0 Å². The van der Waals surface area contributed by atoms with E-state index in [1.807, 2.05) is 0 Å². The average Bonchev–Trinajstić information content (AvgIpc) is 3.10. The van der Waals surface area contributed by atoms with Crippen molar-refractivity contribution in [3.8, 4) is 0 Å². The Bertz CT molecular complexity index is 1420. The molecule has 0 heterocycles. The van der Waals surface area contributed by atoms with Gasteiger partial charge in [0, 0.05) is 13.1 Å². The summed E-state index contributed by atoms with van der Waals surface area (Å²) in [5.41, 5.74) is 14.9. The minimum absolute atomic E-state index is 0. The Labute approximate surface area is 342 Å². The van der Waals surface area contributed by atoms with E-state index in [9.17, 15) is 0 Å². The fourth-order valence-corrected chi connectivity index (χ4v) is 6.29. The molecule has 1 N–H and O–H groups in total. The smallest absolute Gasteiger partial charge is 0.0208 e. The maximum Gasteiger partial charge on any atom is 0.0208 e. The minimum Gasteiger partial charge on any atom is -0.309 e. The van der Waals surface area contributed by atoms with E-state index in [1.165, 1.54) is 114 Å². The second-order valence-corrected chi connectivity index (χ2v) is 16.1. The fraction of sp³-hybridized carbons (Fsp3) is 0.538. The standard InChI is InChI=1S/C52H81N.ClH/c1-43(2)22-14-23-44(3)24-15-25-45(4)26-16-27-46(5)28-17-29-47(6)30-18-31-48(7)32-19-33-49(8)34-20-35-50(9)36-21-37-51(10)40-41-53-42-52-38-12-11-13-39-52;/h11-13,22,24,26,28,30,32,34,36,38-40,53H,14-21,23,25,27,29,31,33,35,37,41-42H2,1-10H3;1H/b44-24+,45-26+,46-28+,47-30+,48-32+,49-34+,50-36+,51-40+;. The molecule has 0 radical (unpaired) electrons. The number of hydrogen-bond donors (Lipinski definition) is 1. The van der Waals surface area contributed by atoms with Gasteiger partial charge in [-0.05, 0) is 178 Å². The summed E-state index contributed by atoms with van der Waals surface area (Å²) in [4.78, 5) is 0. The zero-order valence-corrected chi connectivity index (χ0v) is 37.5. The van der Waals surface area contributed by atoms with Crippen LogP contribution < -0.4 is 5.32 Å². The van der Waals surface area contributed by atoms with E-state index < -0.39 is 0 Å². The lowest BCUT2D eigenvalue weighted by Gasteiger charge is -2.05.